The first-order valence-corrected chi connectivity index (χ1v) is 5.32. The van der Waals surface area contributed by atoms with Crippen molar-refractivity contribution in [3.63, 3.8) is 0 Å². The van der Waals surface area contributed by atoms with Gasteiger partial charge in [-0.1, -0.05) is 12.8 Å². The van der Waals surface area contributed by atoms with Gasteiger partial charge in [0, 0.05) is 11.6 Å². The molecule has 1 aromatic rings. The van der Waals surface area contributed by atoms with Crippen LogP contribution in [0.3, 0.4) is 0 Å². The lowest BCUT2D eigenvalue weighted by Gasteiger charge is -2.29. The molecule has 0 unspecified atom stereocenters. The highest BCUT2D eigenvalue weighted by molar-refractivity contribution is 5.27. The van der Waals surface area contributed by atoms with Crippen molar-refractivity contribution in [3.05, 3.63) is 35.4 Å². The van der Waals surface area contributed by atoms with Crippen LogP contribution in [0.2, 0.25) is 0 Å². The molecule has 1 fully saturated rings. The van der Waals surface area contributed by atoms with E-state index in [1.165, 1.54) is 12.1 Å². The third-order valence-electron chi connectivity index (χ3n) is 3.35. The van der Waals surface area contributed by atoms with Crippen molar-refractivity contribution in [2.45, 2.75) is 31.2 Å². The summed E-state index contributed by atoms with van der Waals surface area (Å²) in [6, 6.07) is 3.79. The number of benzene rings is 1. The molecule has 1 aliphatic rings. The van der Waals surface area contributed by atoms with E-state index in [0.717, 1.165) is 37.3 Å². The molecule has 2 rings (SSSR count). The molecule has 82 valence electrons. The summed E-state index contributed by atoms with van der Waals surface area (Å²) in [5.74, 6) is -0.988. The zero-order valence-corrected chi connectivity index (χ0v) is 8.82. The van der Waals surface area contributed by atoms with Crippen molar-refractivity contribution >= 4 is 0 Å². The summed E-state index contributed by atoms with van der Waals surface area (Å²) < 4.78 is 26.2. The number of rotatable bonds is 2. The van der Waals surface area contributed by atoms with Crippen molar-refractivity contribution in [1.29, 1.82) is 0 Å². The quantitative estimate of drug-likeness (QED) is 0.793. The van der Waals surface area contributed by atoms with Gasteiger partial charge in [-0.15, -0.1) is 0 Å². The van der Waals surface area contributed by atoms with Crippen LogP contribution >= 0.6 is 0 Å². The van der Waals surface area contributed by atoms with Crippen LogP contribution in [0.25, 0.3) is 0 Å². The third-order valence-corrected chi connectivity index (χ3v) is 3.35. The normalized spacial score (nSPS) is 19.4. The van der Waals surface area contributed by atoms with E-state index in [1.54, 1.807) is 0 Å². The Kier molecular flexibility index (Phi) is 2.74. The van der Waals surface area contributed by atoms with Gasteiger partial charge in [-0.2, -0.15) is 0 Å². The van der Waals surface area contributed by atoms with E-state index in [1.807, 2.05) is 7.05 Å². The van der Waals surface area contributed by atoms with E-state index in [2.05, 4.69) is 5.32 Å². The molecule has 3 heteroatoms. The zero-order valence-electron chi connectivity index (χ0n) is 8.82. The summed E-state index contributed by atoms with van der Waals surface area (Å²) in [5.41, 5.74) is 0.517. The van der Waals surface area contributed by atoms with Crippen molar-refractivity contribution in [2.75, 3.05) is 7.05 Å². The molecule has 1 nitrogen and oxygen atoms in total. The van der Waals surface area contributed by atoms with Gasteiger partial charge in [-0.25, -0.2) is 8.78 Å². The topological polar surface area (TPSA) is 12.0 Å². The van der Waals surface area contributed by atoms with E-state index in [9.17, 15) is 8.78 Å². The Hall–Kier alpha value is -0.960. The minimum Gasteiger partial charge on any atom is -0.310 e. The van der Waals surface area contributed by atoms with Gasteiger partial charge in [0.2, 0.25) is 0 Å². The fourth-order valence-electron chi connectivity index (χ4n) is 2.49. The van der Waals surface area contributed by atoms with Crippen molar-refractivity contribution in [1.82, 2.24) is 5.32 Å². The van der Waals surface area contributed by atoms with Crippen LogP contribution < -0.4 is 5.32 Å². The minimum atomic E-state index is -0.494. The van der Waals surface area contributed by atoms with Crippen molar-refractivity contribution in [2.24, 2.45) is 0 Å². The smallest absolute Gasteiger partial charge is 0.126 e. The Morgan fingerprint density at radius 3 is 2.07 bits per heavy atom. The first kappa shape index (κ1) is 10.6. The Morgan fingerprint density at radius 1 is 1.07 bits per heavy atom. The second-order valence-corrected chi connectivity index (χ2v) is 4.20. The highest BCUT2D eigenvalue weighted by atomic mass is 19.1. The van der Waals surface area contributed by atoms with Gasteiger partial charge in [0.25, 0.3) is 0 Å². The predicted octanol–water partition coefficient (Wildman–Crippen LogP) is 2.95. The van der Waals surface area contributed by atoms with Crippen molar-refractivity contribution in [3.8, 4) is 0 Å². The number of nitrogens with one attached hydrogen (secondary N) is 1. The standard InChI is InChI=1S/C12H15F2N/c1-15-12(4-2-3-5-12)9-6-10(13)8-11(14)7-9/h6-8,15H,2-5H2,1H3. The number of hydrogen-bond acceptors (Lipinski definition) is 1. The minimum absolute atomic E-state index is 0.219. The van der Waals surface area contributed by atoms with Gasteiger partial charge in [0.1, 0.15) is 11.6 Å². The summed E-state index contributed by atoms with van der Waals surface area (Å²) >= 11 is 0. The molecular formula is C12H15F2N. The molecular weight excluding hydrogens is 196 g/mol. The van der Waals surface area contributed by atoms with Crippen LogP contribution in [0.4, 0.5) is 8.78 Å². The van der Waals surface area contributed by atoms with Crippen LogP contribution in [0.5, 0.6) is 0 Å². The molecule has 0 atom stereocenters. The van der Waals surface area contributed by atoms with E-state index in [0.29, 0.717) is 0 Å². The summed E-state index contributed by atoms with van der Waals surface area (Å²) in [6.45, 7) is 0. The van der Waals surface area contributed by atoms with E-state index in [-0.39, 0.29) is 5.54 Å². The molecule has 0 spiro atoms. The van der Waals surface area contributed by atoms with Crippen LogP contribution in [0.15, 0.2) is 18.2 Å². The van der Waals surface area contributed by atoms with Gasteiger partial charge in [0.05, 0.1) is 0 Å². The first-order chi connectivity index (χ1) is 7.16. The molecule has 1 aromatic carbocycles. The van der Waals surface area contributed by atoms with Gasteiger partial charge in [-0.3, -0.25) is 0 Å². The molecule has 0 bridgehead atoms. The zero-order chi connectivity index (χ0) is 10.9. The molecule has 0 amide bonds. The highest BCUT2D eigenvalue weighted by Crippen LogP contribution is 2.38. The third kappa shape index (κ3) is 1.88. The van der Waals surface area contributed by atoms with E-state index < -0.39 is 11.6 Å². The van der Waals surface area contributed by atoms with Crippen LogP contribution in [-0.4, -0.2) is 7.05 Å². The van der Waals surface area contributed by atoms with Gasteiger partial charge in [0.15, 0.2) is 0 Å². The van der Waals surface area contributed by atoms with E-state index >= 15 is 0 Å². The molecule has 0 radical (unpaired) electrons. The van der Waals surface area contributed by atoms with Crippen LogP contribution in [0.1, 0.15) is 31.2 Å². The van der Waals surface area contributed by atoms with Crippen molar-refractivity contribution < 1.29 is 8.78 Å². The summed E-state index contributed by atoms with van der Waals surface area (Å²) in [4.78, 5) is 0. The summed E-state index contributed by atoms with van der Waals surface area (Å²) in [5, 5.41) is 3.21. The first-order valence-electron chi connectivity index (χ1n) is 5.32. The average molecular weight is 211 g/mol. The molecule has 0 aromatic heterocycles. The predicted molar refractivity (Wildman–Crippen MR) is 55.6 cm³/mol. The molecule has 1 saturated carbocycles. The van der Waals surface area contributed by atoms with Gasteiger partial charge in [-0.05, 0) is 37.6 Å². The molecule has 0 heterocycles. The monoisotopic (exact) mass is 211 g/mol. The van der Waals surface area contributed by atoms with Gasteiger partial charge >= 0.3 is 0 Å². The highest BCUT2D eigenvalue weighted by Gasteiger charge is 2.34. The maximum Gasteiger partial charge on any atom is 0.126 e. The second kappa shape index (κ2) is 3.89. The lowest BCUT2D eigenvalue weighted by molar-refractivity contribution is 0.368. The fourth-order valence-corrected chi connectivity index (χ4v) is 2.49. The average Bonchev–Trinajstić information content (AvgIpc) is 2.65. The molecule has 0 aliphatic heterocycles. The lowest BCUT2D eigenvalue weighted by atomic mass is 9.88. The van der Waals surface area contributed by atoms with Gasteiger partial charge < -0.3 is 5.32 Å². The Morgan fingerprint density at radius 2 is 1.60 bits per heavy atom. The SMILES string of the molecule is CNC1(c2cc(F)cc(F)c2)CCCC1. The number of hydrogen-bond donors (Lipinski definition) is 1. The summed E-state index contributed by atoms with van der Waals surface area (Å²) in [7, 11) is 1.86. The molecule has 15 heavy (non-hydrogen) atoms. The maximum absolute atomic E-state index is 13.1. The second-order valence-electron chi connectivity index (χ2n) is 4.20. The van der Waals surface area contributed by atoms with Crippen LogP contribution in [0, 0.1) is 11.6 Å². The maximum atomic E-state index is 13.1. The molecule has 1 N–H and O–H groups in total. The lowest BCUT2D eigenvalue weighted by Crippen LogP contribution is -2.37. The Balaban J connectivity index is 2.42. The Labute approximate surface area is 88.5 Å². The Bertz CT molecular complexity index is 336. The van der Waals surface area contributed by atoms with E-state index in [4.69, 9.17) is 0 Å². The van der Waals surface area contributed by atoms with Crippen LogP contribution in [-0.2, 0) is 5.54 Å². The number of halogens is 2. The summed E-state index contributed by atoms with van der Waals surface area (Å²) in [6.07, 6.45) is 4.12. The molecule has 1 aliphatic carbocycles. The largest absolute Gasteiger partial charge is 0.310 e. The molecule has 0 saturated heterocycles. The fraction of sp³-hybridized carbons (Fsp3) is 0.500.